The quantitative estimate of drug-likeness (QED) is 0.897. The molecule has 0 saturated heterocycles. The van der Waals surface area contributed by atoms with Crippen molar-refractivity contribution in [1.29, 1.82) is 0 Å². The average Bonchev–Trinajstić information content (AvgIpc) is 2.37. The molecule has 0 aliphatic carbocycles. The SMILES string of the molecule is Cc1cc(N(C)C)ccc1NCc1cccc(F)c1. The molecule has 0 atom stereocenters. The number of nitrogens with zero attached hydrogens (tertiary/aromatic N) is 1. The summed E-state index contributed by atoms with van der Waals surface area (Å²) in [6, 6.07) is 12.9. The summed E-state index contributed by atoms with van der Waals surface area (Å²) in [5.74, 6) is -0.195. The molecule has 100 valence electrons. The fraction of sp³-hybridized carbons (Fsp3) is 0.250. The maximum absolute atomic E-state index is 13.1. The lowest BCUT2D eigenvalue weighted by Crippen LogP contribution is -2.09. The van der Waals surface area contributed by atoms with Crippen LogP contribution in [0.2, 0.25) is 0 Å². The van der Waals surface area contributed by atoms with Crippen molar-refractivity contribution in [2.45, 2.75) is 13.5 Å². The van der Waals surface area contributed by atoms with Crippen molar-refractivity contribution in [1.82, 2.24) is 0 Å². The van der Waals surface area contributed by atoms with E-state index in [1.54, 1.807) is 12.1 Å². The Bertz CT molecular complexity index is 564. The first-order valence-electron chi connectivity index (χ1n) is 6.32. The van der Waals surface area contributed by atoms with Crippen molar-refractivity contribution < 1.29 is 4.39 Å². The molecule has 2 nitrogen and oxygen atoms in total. The van der Waals surface area contributed by atoms with Gasteiger partial charge in [-0.15, -0.1) is 0 Å². The average molecular weight is 258 g/mol. The zero-order valence-corrected chi connectivity index (χ0v) is 11.6. The second-order valence-electron chi connectivity index (χ2n) is 4.88. The van der Waals surface area contributed by atoms with Crippen molar-refractivity contribution in [2.24, 2.45) is 0 Å². The van der Waals surface area contributed by atoms with Gasteiger partial charge in [0.2, 0.25) is 0 Å². The minimum atomic E-state index is -0.195. The van der Waals surface area contributed by atoms with Crippen LogP contribution in [0.3, 0.4) is 0 Å². The lowest BCUT2D eigenvalue weighted by molar-refractivity contribution is 0.626. The predicted octanol–water partition coefficient (Wildman–Crippen LogP) is 3.81. The highest BCUT2D eigenvalue weighted by Gasteiger charge is 2.02. The molecule has 0 saturated carbocycles. The molecule has 0 radical (unpaired) electrons. The Morgan fingerprint density at radius 2 is 1.89 bits per heavy atom. The lowest BCUT2D eigenvalue weighted by Gasteiger charge is -2.16. The standard InChI is InChI=1S/C16H19FN2/c1-12-9-15(19(2)3)7-8-16(12)18-11-13-5-4-6-14(17)10-13/h4-10,18H,11H2,1-3H3. The van der Waals surface area contributed by atoms with Crippen molar-refractivity contribution in [3.05, 3.63) is 59.4 Å². The Hall–Kier alpha value is -2.03. The molecular formula is C16H19FN2. The van der Waals surface area contributed by atoms with Crippen LogP contribution >= 0.6 is 0 Å². The van der Waals surface area contributed by atoms with Crippen LogP contribution in [0.1, 0.15) is 11.1 Å². The van der Waals surface area contributed by atoms with Crippen LogP contribution in [0, 0.1) is 12.7 Å². The third-order valence-electron chi connectivity index (χ3n) is 3.10. The van der Waals surface area contributed by atoms with Gasteiger partial charge in [-0.1, -0.05) is 12.1 Å². The van der Waals surface area contributed by atoms with Gasteiger partial charge >= 0.3 is 0 Å². The van der Waals surface area contributed by atoms with Crippen molar-refractivity contribution in [3.63, 3.8) is 0 Å². The fourth-order valence-corrected chi connectivity index (χ4v) is 1.97. The minimum absolute atomic E-state index is 0.195. The highest BCUT2D eigenvalue weighted by atomic mass is 19.1. The zero-order chi connectivity index (χ0) is 13.8. The lowest BCUT2D eigenvalue weighted by atomic mass is 10.1. The smallest absolute Gasteiger partial charge is 0.123 e. The van der Waals surface area contributed by atoms with E-state index in [0.717, 1.165) is 11.3 Å². The summed E-state index contributed by atoms with van der Waals surface area (Å²) in [6.07, 6.45) is 0. The summed E-state index contributed by atoms with van der Waals surface area (Å²) in [5, 5.41) is 3.34. The van der Waals surface area contributed by atoms with E-state index < -0.39 is 0 Å². The van der Waals surface area contributed by atoms with Crippen LogP contribution in [0.25, 0.3) is 0 Å². The molecule has 2 aromatic rings. The molecule has 0 aliphatic heterocycles. The molecule has 0 bridgehead atoms. The Morgan fingerprint density at radius 1 is 1.11 bits per heavy atom. The second kappa shape index (κ2) is 5.74. The number of hydrogen-bond donors (Lipinski definition) is 1. The Kier molecular flexibility index (Phi) is 4.05. The molecule has 0 spiro atoms. The Balaban J connectivity index is 2.07. The number of halogens is 1. The Labute approximate surface area is 113 Å². The van der Waals surface area contributed by atoms with Gasteiger partial charge in [0.25, 0.3) is 0 Å². The van der Waals surface area contributed by atoms with Crippen LogP contribution in [0.15, 0.2) is 42.5 Å². The van der Waals surface area contributed by atoms with Gasteiger partial charge in [-0.25, -0.2) is 4.39 Å². The number of benzene rings is 2. The van der Waals surface area contributed by atoms with E-state index in [9.17, 15) is 4.39 Å². The van der Waals surface area contributed by atoms with Crippen molar-refractivity contribution in [3.8, 4) is 0 Å². The number of rotatable bonds is 4. The zero-order valence-electron chi connectivity index (χ0n) is 11.6. The van der Waals surface area contributed by atoms with Gasteiger partial charge in [-0.2, -0.15) is 0 Å². The van der Waals surface area contributed by atoms with Crippen LogP contribution in [0.5, 0.6) is 0 Å². The molecule has 0 aromatic heterocycles. The highest BCUT2D eigenvalue weighted by molar-refractivity contribution is 5.59. The summed E-state index contributed by atoms with van der Waals surface area (Å²) in [7, 11) is 4.04. The summed E-state index contributed by atoms with van der Waals surface area (Å²) in [6.45, 7) is 2.70. The fourth-order valence-electron chi connectivity index (χ4n) is 1.97. The van der Waals surface area contributed by atoms with E-state index in [-0.39, 0.29) is 5.82 Å². The van der Waals surface area contributed by atoms with Gasteiger partial charge in [-0.05, 0) is 48.4 Å². The number of hydrogen-bond acceptors (Lipinski definition) is 2. The van der Waals surface area contributed by atoms with E-state index in [2.05, 4.69) is 35.3 Å². The van der Waals surface area contributed by atoms with Gasteiger partial charge in [0.05, 0.1) is 0 Å². The molecule has 0 aliphatic rings. The van der Waals surface area contributed by atoms with E-state index in [4.69, 9.17) is 0 Å². The summed E-state index contributed by atoms with van der Waals surface area (Å²) < 4.78 is 13.1. The van der Waals surface area contributed by atoms with Crippen molar-refractivity contribution in [2.75, 3.05) is 24.3 Å². The van der Waals surface area contributed by atoms with Gasteiger partial charge in [0.15, 0.2) is 0 Å². The van der Waals surface area contributed by atoms with Gasteiger partial charge in [-0.3, -0.25) is 0 Å². The molecule has 0 unspecified atom stereocenters. The van der Waals surface area contributed by atoms with Crippen molar-refractivity contribution >= 4 is 11.4 Å². The molecule has 19 heavy (non-hydrogen) atoms. The molecular weight excluding hydrogens is 239 g/mol. The van der Waals surface area contributed by atoms with Crippen LogP contribution < -0.4 is 10.2 Å². The van der Waals surface area contributed by atoms with Crippen LogP contribution in [-0.4, -0.2) is 14.1 Å². The highest BCUT2D eigenvalue weighted by Crippen LogP contribution is 2.21. The maximum Gasteiger partial charge on any atom is 0.123 e. The molecule has 0 heterocycles. The van der Waals surface area contributed by atoms with E-state index in [1.807, 2.05) is 20.2 Å². The van der Waals surface area contributed by atoms with E-state index in [1.165, 1.54) is 17.3 Å². The molecule has 0 amide bonds. The van der Waals surface area contributed by atoms with Crippen LogP contribution in [-0.2, 0) is 6.54 Å². The number of nitrogens with one attached hydrogen (secondary N) is 1. The number of anilines is 2. The largest absolute Gasteiger partial charge is 0.381 e. The topological polar surface area (TPSA) is 15.3 Å². The first-order valence-corrected chi connectivity index (χ1v) is 6.32. The summed E-state index contributed by atoms with van der Waals surface area (Å²) in [4.78, 5) is 2.07. The normalized spacial score (nSPS) is 10.3. The molecule has 3 heteroatoms. The summed E-state index contributed by atoms with van der Waals surface area (Å²) >= 11 is 0. The van der Waals surface area contributed by atoms with Gasteiger partial charge < -0.3 is 10.2 Å². The summed E-state index contributed by atoms with van der Waals surface area (Å²) in [5.41, 5.74) is 4.38. The second-order valence-corrected chi connectivity index (χ2v) is 4.88. The minimum Gasteiger partial charge on any atom is -0.381 e. The Morgan fingerprint density at radius 3 is 2.53 bits per heavy atom. The van der Waals surface area contributed by atoms with Crippen LogP contribution in [0.4, 0.5) is 15.8 Å². The van der Waals surface area contributed by atoms with E-state index >= 15 is 0 Å². The maximum atomic E-state index is 13.1. The predicted molar refractivity (Wildman–Crippen MR) is 79.2 cm³/mol. The third-order valence-corrected chi connectivity index (χ3v) is 3.10. The molecule has 1 N–H and O–H groups in total. The third kappa shape index (κ3) is 3.47. The molecule has 2 aromatic carbocycles. The first kappa shape index (κ1) is 13.4. The van der Waals surface area contributed by atoms with Gasteiger partial charge in [0.1, 0.15) is 5.82 Å². The monoisotopic (exact) mass is 258 g/mol. The molecule has 0 fully saturated rings. The van der Waals surface area contributed by atoms with Gasteiger partial charge in [0, 0.05) is 32.0 Å². The van der Waals surface area contributed by atoms with E-state index in [0.29, 0.717) is 6.54 Å². The first-order chi connectivity index (χ1) is 9.06. The number of aryl methyl sites for hydroxylation is 1. The molecule has 2 rings (SSSR count).